The number of aliphatic hydroxyl groups excluding tert-OH is 1. The van der Waals surface area contributed by atoms with Gasteiger partial charge in [0.05, 0.1) is 6.10 Å². The molecule has 1 aliphatic heterocycles. The Morgan fingerprint density at radius 3 is 1.80 bits per heavy atom. The van der Waals surface area contributed by atoms with Gasteiger partial charge < -0.3 is 46.1 Å². The van der Waals surface area contributed by atoms with Crippen LogP contribution in [0, 0.1) is 5.92 Å². The van der Waals surface area contributed by atoms with Crippen LogP contribution in [-0.4, -0.2) is 63.1 Å². The van der Waals surface area contributed by atoms with Crippen LogP contribution in [0.3, 0.4) is 0 Å². The fourth-order valence-corrected chi connectivity index (χ4v) is 4.19. The van der Waals surface area contributed by atoms with Gasteiger partial charge in [-0.2, -0.15) is 0 Å². The minimum atomic E-state index is -4.89. The molecule has 0 bridgehead atoms. The molecule has 2 saturated carbocycles. The molecule has 2 aliphatic carbocycles. The maximum atomic E-state index is 10.9. The summed E-state index contributed by atoms with van der Waals surface area (Å²) in [7, 11) is -4.89. The van der Waals surface area contributed by atoms with Gasteiger partial charge in [-0.05, 0) is 58.0 Å². The minimum absolute atomic E-state index is 0. The summed E-state index contributed by atoms with van der Waals surface area (Å²) in [5.74, 6) is -1.75. The second-order valence-electron chi connectivity index (χ2n) is 8.16. The Kier molecular flexibility index (Phi) is 15.1. The van der Waals surface area contributed by atoms with Crippen molar-refractivity contribution < 1.29 is 55.3 Å². The van der Waals surface area contributed by atoms with Gasteiger partial charge in [-0.15, -0.1) is 0 Å². The average Bonchev–Trinajstić information content (AvgIpc) is 2.64. The number of carboxylic acid groups (broad SMARTS) is 1. The fourth-order valence-electron chi connectivity index (χ4n) is 4.19. The number of rotatable bonds is 2. The first kappa shape index (κ1) is 30.1. The van der Waals surface area contributed by atoms with Gasteiger partial charge in [0.25, 0.3) is 7.82 Å². The smallest absolute Gasteiger partial charge is 0.756 e. The molecular weight excluding hydrogens is 596 g/mol. The van der Waals surface area contributed by atoms with Crippen molar-refractivity contribution >= 4 is 13.8 Å². The van der Waals surface area contributed by atoms with E-state index in [9.17, 15) is 15.0 Å². The number of piperidine rings is 1. The first-order valence-electron chi connectivity index (χ1n) is 10.4. The van der Waals surface area contributed by atoms with Gasteiger partial charge in [0.2, 0.25) is 0 Å². The number of aliphatic carboxylic acids is 1. The molecule has 5 atom stereocenters. The van der Waals surface area contributed by atoms with Gasteiger partial charge in [0, 0.05) is 30.0 Å². The summed E-state index contributed by atoms with van der Waals surface area (Å²) in [5.41, 5.74) is 11.3. The Balaban J connectivity index is 0.000000504. The second kappa shape index (κ2) is 15.0. The Hall–Kier alpha value is 0.108. The Morgan fingerprint density at radius 1 is 0.933 bits per heavy atom. The number of aliphatic hydroxyl groups is 1. The number of carboxylic acids is 1. The van der Waals surface area contributed by atoms with E-state index in [1.807, 2.05) is 0 Å². The standard InChI is InChI=1S/C12H21NO3.C6H14N2.H3O4P.Pt/c14-11-5-4-9(8-10(11)12(15)16)13-6-2-1-3-7-13;7-5-3-1-2-4-6(5)8;1-5(2,3)4;/h9-11,14H,1-8H2,(H,15,16);5-6H,1-4,7-8H2;(H3,1,2,3,4);/q;;;+2/p-2/t;5-,6-;;/m.0../s1. The van der Waals surface area contributed by atoms with Crippen molar-refractivity contribution in [2.75, 3.05) is 13.1 Å². The molecule has 1 saturated heterocycles. The summed E-state index contributed by atoms with van der Waals surface area (Å²) in [4.78, 5) is 36.2. The molecule has 3 fully saturated rings. The third-order valence-electron chi connectivity index (χ3n) is 5.87. The van der Waals surface area contributed by atoms with E-state index in [2.05, 4.69) is 4.90 Å². The number of hydrogen-bond donors (Lipinski definition) is 5. The molecule has 7 N–H and O–H groups in total. The second-order valence-corrected chi connectivity index (χ2v) is 9.14. The zero-order chi connectivity index (χ0) is 22.0. The molecular formula is C18H36N3O7PPt. The van der Waals surface area contributed by atoms with E-state index >= 15 is 0 Å². The number of phosphoric acid groups is 1. The van der Waals surface area contributed by atoms with Crippen molar-refractivity contribution in [1.82, 2.24) is 4.90 Å². The number of carbonyl (C=O) groups excluding carboxylic acids is 1. The van der Waals surface area contributed by atoms with E-state index in [0.717, 1.165) is 32.4 Å². The molecule has 1 heterocycles. The SMILES string of the molecule is N[C@H]1CCCC[C@@H]1N.O=C([O-])C1CC(N2CCCCC2)CCC1O.O=P([O-])(O)O.[Pt+2]. The van der Waals surface area contributed by atoms with Crippen LogP contribution in [0.15, 0.2) is 0 Å². The van der Waals surface area contributed by atoms with Crippen LogP contribution in [0.2, 0.25) is 0 Å². The monoisotopic (exact) mass is 632 g/mol. The summed E-state index contributed by atoms with van der Waals surface area (Å²) >= 11 is 0. The molecule has 0 radical (unpaired) electrons. The molecule has 30 heavy (non-hydrogen) atoms. The fraction of sp³-hybridized carbons (Fsp3) is 0.944. The van der Waals surface area contributed by atoms with Crippen LogP contribution in [-0.2, 0) is 30.4 Å². The molecule has 3 aliphatic rings. The van der Waals surface area contributed by atoms with Crippen LogP contribution < -0.4 is 21.5 Å². The summed E-state index contributed by atoms with van der Waals surface area (Å²) in [6.45, 7) is 2.17. The molecule has 0 spiro atoms. The van der Waals surface area contributed by atoms with Crippen LogP contribution in [0.1, 0.15) is 64.2 Å². The van der Waals surface area contributed by atoms with Crippen LogP contribution in [0.25, 0.3) is 0 Å². The maximum Gasteiger partial charge on any atom is 2.00 e. The molecule has 0 aromatic rings. The van der Waals surface area contributed by atoms with Gasteiger partial charge in [-0.25, -0.2) is 0 Å². The number of likely N-dealkylation sites (tertiary alicyclic amines) is 1. The summed E-state index contributed by atoms with van der Waals surface area (Å²) in [6.07, 6.45) is 9.89. The normalized spacial score (nSPS) is 32.4. The predicted octanol–water partition coefficient (Wildman–Crippen LogP) is -1.60. The van der Waals surface area contributed by atoms with E-state index in [4.69, 9.17) is 30.7 Å². The van der Waals surface area contributed by atoms with Gasteiger partial charge in [-0.3, -0.25) is 4.57 Å². The van der Waals surface area contributed by atoms with E-state index in [0.29, 0.717) is 18.9 Å². The quantitative estimate of drug-likeness (QED) is 0.221. The van der Waals surface area contributed by atoms with Crippen molar-refractivity contribution in [3.8, 4) is 0 Å². The number of carbonyl (C=O) groups is 1. The molecule has 0 amide bonds. The summed E-state index contributed by atoms with van der Waals surface area (Å²) < 4.78 is 8.77. The van der Waals surface area contributed by atoms with Gasteiger partial charge >= 0.3 is 21.1 Å². The Morgan fingerprint density at radius 2 is 1.40 bits per heavy atom. The molecule has 10 nitrogen and oxygen atoms in total. The first-order chi connectivity index (χ1) is 13.5. The van der Waals surface area contributed by atoms with Gasteiger partial charge in [0.15, 0.2) is 0 Å². The molecule has 180 valence electrons. The third-order valence-corrected chi connectivity index (χ3v) is 5.87. The number of hydrogen-bond acceptors (Lipinski definition) is 8. The zero-order valence-corrected chi connectivity index (χ0v) is 20.4. The van der Waals surface area contributed by atoms with E-state index < -0.39 is 25.8 Å². The van der Waals surface area contributed by atoms with Crippen molar-refractivity contribution in [2.24, 2.45) is 17.4 Å². The van der Waals surface area contributed by atoms with Crippen molar-refractivity contribution in [1.29, 1.82) is 0 Å². The first-order valence-corrected chi connectivity index (χ1v) is 11.9. The van der Waals surface area contributed by atoms with E-state index in [-0.39, 0.29) is 33.1 Å². The predicted molar refractivity (Wildman–Crippen MR) is 104 cm³/mol. The third kappa shape index (κ3) is 12.8. The van der Waals surface area contributed by atoms with E-state index in [1.165, 1.54) is 32.1 Å². The van der Waals surface area contributed by atoms with Gasteiger partial charge in [0.1, 0.15) is 0 Å². The van der Waals surface area contributed by atoms with Crippen LogP contribution in [0.5, 0.6) is 0 Å². The Bertz CT molecular complexity index is 516. The molecule has 12 heteroatoms. The number of nitrogens with zero attached hydrogens (tertiary/aromatic N) is 1. The van der Waals surface area contributed by atoms with Crippen molar-refractivity contribution in [3.05, 3.63) is 0 Å². The summed E-state index contributed by atoms with van der Waals surface area (Å²) in [6, 6.07) is 0.902. The van der Waals surface area contributed by atoms with E-state index in [1.54, 1.807) is 0 Å². The molecule has 0 aromatic carbocycles. The average molecular weight is 633 g/mol. The van der Waals surface area contributed by atoms with Crippen LogP contribution >= 0.6 is 7.82 Å². The molecule has 3 unspecified atom stereocenters. The zero-order valence-electron chi connectivity index (χ0n) is 17.2. The number of nitrogens with two attached hydrogens (primary N) is 2. The van der Waals surface area contributed by atoms with Crippen LogP contribution in [0.4, 0.5) is 0 Å². The maximum absolute atomic E-state index is 10.9. The molecule has 3 rings (SSSR count). The largest absolute Gasteiger partial charge is 2.00 e. The topological polar surface area (TPSA) is 196 Å². The summed E-state index contributed by atoms with van der Waals surface area (Å²) in [5, 5.41) is 20.5. The van der Waals surface area contributed by atoms with Crippen molar-refractivity contribution in [2.45, 2.75) is 88.4 Å². The Labute approximate surface area is 192 Å². The van der Waals surface area contributed by atoms with Crippen molar-refractivity contribution in [3.63, 3.8) is 0 Å². The minimum Gasteiger partial charge on any atom is -0.756 e. The molecule has 0 aromatic heterocycles. The van der Waals surface area contributed by atoms with Gasteiger partial charge in [-0.1, -0.05) is 19.3 Å².